The normalized spacial score (nSPS) is 10.4. The molecule has 5 heteroatoms. The lowest BCUT2D eigenvalue weighted by atomic mass is 10.1. The lowest BCUT2D eigenvalue weighted by Gasteiger charge is -2.14. The second kappa shape index (κ2) is 12.4. The molecule has 3 aromatic carbocycles. The molecule has 1 N–H and O–H groups in total. The van der Waals surface area contributed by atoms with E-state index < -0.39 is 0 Å². The fourth-order valence-corrected chi connectivity index (χ4v) is 3.25. The number of amides is 1. The number of nitrogens with one attached hydrogen (secondary N) is 1. The van der Waals surface area contributed by atoms with E-state index >= 15 is 0 Å². The number of unbranched alkanes of at least 4 members (excludes halogenated alkanes) is 1. The average molecular weight is 434 g/mol. The first-order valence-corrected chi connectivity index (χ1v) is 11.0. The molecule has 0 atom stereocenters. The summed E-state index contributed by atoms with van der Waals surface area (Å²) >= 11 is 0. The minimum atomic E-state index is -0.178. The van der Waals surface area contributed by atoms with Gasteiger partial charge in [0.2, 0.25) is 0 Å². The van der Waals surface area contributed by atoms with E-state index in [1.54, 1.807) is 13.2 Å². The Morgan fingerprint density at radius 3 is 2.34 bits per heavy atom. The van der Waals surface area contributed by atoms with Crippen molar-refractivity contribution in [1.29, 1.82) is 0 Å². The zero-order chi connectivity index (χ0) is 22.6. The molecule has 0 radical (unpaired) electrons. The third kappa shape index (κ3) is 6.77. The van der Waals surface area contributed by atoms with Crippen molar-refractivity contribution in [2.24, 2.45) is 0 Å². The maximum absolute atomic E-state index is 12.8. The van der Waals surface area contributed by atoms with Crippen LogP contribution in [0.15, 0.2) is 72.8 Å². The Kier molecular flexibility index (Phi) is 8.99. The number of carbonyl (C=O) groups excluding carboxylic acids is 1. The third-order valence-corrected chi connectivity index (χ3v) is 5.06. The van der Waals surface area contributed by atoms with Crippen LogP contribution >= 0.6 is 0 Å². The number of methoxy groups -OCH3 is 1. The highest BCUT2D eigenvalue weighted by Gasteiger charge is 2.13. The average Bonchev–Trinajstić information content (AvgIpc) is 2.84. The van der Waals surface area contributed by atoms with E-state index in [0.717, 1.165) is 24.8 Å². The first-order valence-electron chi connectivity index (χ1n) is 11.0. The highest BCUT2D eigenvalue weighted by atomic mass is 16.5. The summed E-state index contributed by atoms with van der Waals surface area (Å²) in [5.41, 5.74) is 2.65. The van der Waals surface area contributed by atoms with Gasteiger partial charge in [-0.05, 0) is 41.8 Å². The van der Waals surface area contributed by atoms with Crippen LogP contribution in [-0.4, -0.2) is 26.2 Å². The Hall–Kier alpha value is -3.47. The summed E-state index contributed by atoms with van der Waals surface area (Å²) in [5.74, 6) is 1.78. The molecule has 0 aliphatic carbocycles. The first-order chi connectivity index (χ1) is 15.7. The summed E-state index contributed by atoms with van der Waals surface area (Å²) in [6.07, 6.45) is 2.85. The Morgan fingerprint density at radius 2 is 1.56 bits per heavy atom. The number of hydrogen-bond donors (Lipinski definition) is 1. The predicted octanol–water partition coefficient (Wildman–Crippen LogP) is 5.43. The fraction of sp³-hybridized carbons (Fsp3) is 0.296. The van der Waals surface area contributed by atoms with Crippen molar-refractivity contribution < 1.29 is 19.0 Å². The van der Waals surface area contributed by atoms with Crippen LogP contribution in [0.3, 0.4) is 0 Å². The van der Waals surface area contributed by atoms with Crippen LogP contribution < -0.4 is 19.5 Å². The van der Waals surface area contributed by atoms with Gasteiger partial charge in [-0.3, -0.25) is 4.79 Å². The molecule has 0 aliphatic heterocycles. The molecule has 0 aliphatic rings. The molecule has 0 saturated carbocycles. The summed E-state index contributed by atoms with van der Waals surface area (Å²) in [6, 6.07) is 23.2. The lowest BCUT2D eigenvalue weighted by molar-refractivity contribution is 0.0947. The smallest absolute Gasteiger partial charge is 0.255 e. The maximum Gasteiger partial charge on any atom is 0.255 e. The van der Waals surface area contributed by atoms with Gasteiger partial charge in [-0.2, -0.15) is 0 Å². The molecule has 0 aromatic heterocycles. The summed E-state index contributed by atoms with van der Waals surface area (Å²) in [5, 5.41) is 2.97. The molecule has 1 amide bonds. The molecule has 0 unspecified atom stereocenters. The molecule has 3 rings (SSSR count). The number of hydrogen-bond acceptors (Lipinski definition) is 4. The first kappa shape index (κ1) is 23.2. The predicted molar refractivity (Wildman–Crippen MR) is 127 cm³/mol. The highest BCUT2D eigenvalue weighted by Crippen LogP contribution is 2.28. The zero-order valence-electron chi connectivity index (χ0n) is 18.8. The minimum absolute atomic E-state index is 0.178. The zero-order valence-corrected chi connectivity index (χ0v) is 18.8. The third-order valence-electron chi connectivity index (χ3n) is 5.06. The monoisotopic (exact) mass is 433 g/mol. The number of rotatable bonds is 12. The fourth-order valence-electron chi connectivity index (χ4n) is 3.25. The summed E-state index contributed by atoms with van der Waals surface area (Å²) in [7, 11) is 1.62. The van der Waals surface area contributed by atoms with Gasteiger partial charge in [0.15, 0.2) is 11.5 Å². The van der Waals surface area contributed by atoms with E-state index in [1.807, 2.05) is 54.6 Å². The van der Waals surface area contributed by atoms with Crippen molar-refractivity contribution in [1.82, 2.24) is 5.32 Å². The van der Waals surface area contributed by atoms with Crippen LogP contribution in [0.2, 0.25) is 0 Å². The van der Waals surface area contributed by atoms with E-state index in [2.05, 4.69) is 24.4 Å². The standard InChI is InChI=1S/C27H31NO4/c1-3-4-17-31-25-15-14-22(19-26(25)30-2)20-28-27(29)23-12-8-9-13-24(23)32-18-16-21-10-6-5-7-11-21/h5-15,19H,3-4,16-18,20H2,1-2H3,(H,28,29). The maximum atomic E-state index is 12.8. The Balaban J connectivity index is 1.57. The van der Waals surface area contributed by atoms with Crippen LogP contribution in [0.25, 0.3) is 0 Å². The van der Waals surface area contributed by atoms with Crippen molar-refractivity contribution in [3.63, 3.8) is 0 Å². The van der Waals surface area contributed by atoms with Gasteiger partial charge in [0.25, 0.3) is 5.91 Å². The van der Waals surface area contributed by atoms with Crippen LogP contribution in [-0.2, 0) is 13.0 Å². The lowest BCUT2D eigenvalue weighted by Crippen LogP contribution is -2.23. The largest absolute Gasteiger partial charge is 0.493 e. The van der Waals surface area contributed by atoms with E-state index in [1.165, 1.54) is 5.56 Å². The van der Waals surface area contributed by atoms with Gasteiger partial charge in [-0.1, -0.05) is 61.9 Å². The van der Waals surface area contributed by atoms with Crippen molar-refractivity contribution >= 4 is 5.91 Å². The molecule has 0 spiro atoms. The van der Waals surface area contributed by atoms with Crippen LogP contribution in [0.4, 0.5) is 0 Å². The van der Waals surface area contributed by atoms with Gasteiger partial charge in [-0.15, -0.1) is 0 Å². The molecule has 3 aromatic rings. The highest BCUT2D eigenvalue weighted by molar-refractivity contribution is 5.96. The minimum Gasteiger partial charge on any atom is -0.493 e. The van der Waals surface area contributed by atoms with Gasteiger partial charge in [0, 0.05) is 13.0 Å². The molecule has 0 bridgehead atoms. The van der Waals surface area contributed by atoms with Gasteiger partial charge >= 0.3 is 0 Å². The summed E-state index contributed by atoms with van der Waals surface area (Å²) in [6.45, 7) is 3.66. The second-order valence-corrected chi connectivity index (χ2v) is 7.45. The van der Waals surface area contributed by atoms with Crippen molar-refractivity contribution in [2.45, 2.75) is 32.7 Å². The topological polar surface area (TPSA) is 56.8 Å². The van der Waals surface area contributed by atoms with Crippen LogP contribution in [0, 0.1) is 0 Å². The molecule has 0 heterocycles. The van der Waals surface area contributed by atoms with Crippen molar-refractivity contribution in [3.8, 4) is 17.2 Å². The van der Waals surface area contributed by atoms with Crippen LogP contribution in [0.1, 0.15) is 41.3 Å². The van der Waals surface area contributed by atoms with E-state index in [9.17, 15) is 4.79 Å². The Morgan fingerprint density at radius 1 is 0.812 bits per heavy atom. The van der Waals surface area contributed by atoms with E-state index in [-0.39, 0.29) is 5.91 Å². The summed E-state index contributed by atoms with van der Waals surface area (Å²) < 4.78 is 17.1. The Labute approximate surface area is 190 Å². The quantitative estimate of drug-likeness (QED) is 0.387. The molecular formula is C27H31NO4. The second-order valence-electron chi connectivity index (χ2n) is 7.45. The number of ether oxygens (including phenoxy) is 3. The summed E-state index contributed by atoms with van der Waals surface area (Å²) in [4.78, 5) is 12.8. The molecular weight excluding hydrogens is 402 g/mol. The number of para-hydroxylation sites is 1. The Bertz CT molecular complexity index is 988. The van der Waals surface area contributed by atoms with Gasteiger partial charge < -0.3 is 19.5 Å². The number of benzene rings is 3. The molecule has 0 fully saturated rings. The van der Waals surface area contributed by atoms with Crippen LogP contribution in [0.5, 0.6) is 17.2 Å². The molecule has 0 saturated heterocycles. The van der Waals surface area contributed by atoms with E-state index in [0.29, 0.717) is 42.6 Å². The molecule has 168 valence electrons. The number of carbonyl (C=O) groups is 1. The SMILES string of the molecule is CCCCOc1ccc(CNC(=O)c2ccccc2OCCc2ccccc2)cc1OC. The molecule has 32 heavy (non-hydrogen) atoms. The van der Waals surface area contributed by atoms with Gasteiger partial charge in [0.1, 0.15) is 5.75 Å². The molecule has 5 nitrogen and oxygen atoms in total. The van der Waals surface area contributed by atoms with E-state index in [4.69, 9.17) is 14.2 Å². The van der Waals surface area contributed by atoms with Gasteiger partial charge in [-0.25, -0.2) is 0 Å². The van der Waals surface area contributed by atoms with Crippen molar-refractivity contribution in [2.75, 3.05) is 20.3 Å². The van der Waals surface area contributed by atoms with Crippen molar-refractivity contribution in [3.05, 3.63) is 89.5 Å². The van der Waals surface area contributed by atoms with Gasteiger partial charge in [0.05, 0.1) is 25.9 Å².